The predicted molar refractivity (Wildman–Crippen MR) is 121 cm³/mol. The Labute approximate surface area is 181 Å². The second-order valence-electron chi connectivity index (χ2n) is 8.23. The van der Waals surface area contributed by atoms with Gasteiger partial charge in [-0.2, -0.15) is 0 Å². The molecule has 3 aromatic rings. The van der Waals surface area contributed by atoms with Gasteiger partial charge in [0.05, 0.1) is 5.41 Å². The van der Waals surface area contributed by atoms with E-state index in [1.54, 1.807) is 5.51 Å². The van der Waals surface area contributed by atoms with Gasteiger partial charge >= 0.3 is 0 Å². The lowest BCUT2D eigenvalue weighted by molar-refractivity contribution is -0.125. The molecule has 0 radical (unpaired) electrons. The number of carbonyl (C=O) groups excluding carboxylic acids is 1. The van der Waals surface area contributed by atoms with E-state index in [2.05, 4.69) is 53.6 Å². The van der Waals surface area contributed by atoms with Crippen LogP contribution in [-0.2, 0) is 4.79 Å². The zero-order chi connectivity index (χ0) is 21.0. The number of carbonyl (C=O) groups is 1. The summed E-state index contributed by atoms with van der Waals surface area (Å²) in [6.07, 6.45) is 0.910. The maximum Gasteiger partial charge on any atom is 0.232 e. The normalized spacial score (nSPS) is 12.8. The standard InChI is InChI=1S/C23H26ClN3OS/c1-15(2)12-20(23(3,4)21(28)26-22-27-25-14-29-22)17-10-8-16(9-11-17)18-6-5-7-19(24)13-18/h5-11,13-15,20H,12H2,1-4H3,(H,26,27,28). The molecule has 0 aliphatic rings. The molecule has 4 nitrogen and oxygen atoms in total. The van der Waals surface area contributed by atoms with Crippen molar-refractivity contribution in [2.75, 3.05) is 5.32 Å². The van der Waals surface area contributed by atoms with Crippen molar-refractivity contribution in [2.24, 2.45) is 11.3 Å². The molecule has 1 amide bonds. The lowest BCUT2D eigenvalue weighted by Crippen LogP contribution is -2.37. The Morgan fingerprint density at radius 2 is 1.86 bits per heavy atom. The van der Waals surface area contributed by atoms with E-state index in [0.29, 0.717) is 11.0 Å². The van der Waals surface area contributed by atoms with Crippen molar-refractivity contribution in [3.63, 3.8) is 0 Å². The highest BCUT2D eigenvalue weighted by Gasteiger charge is 2.38. The van der Waals surface area contributed by atoms with Gasteiger partial charge in [-0.05, 0) is 47.1 Å². The molecule has 1 atom stereocenters. The van der Waals surface area contributed by atoms with Gasteiger partial charge < -0.3 is 5.32 Å². The highest BCUT2D eigenvalue weighted by Crippen LogP contribution is 2.41. The van der Waals surface area contributed by atoms with Gasteiger partial charge in [-0.15, -0.1) is 10.2 Å². The summed E-state index contributed by atoms with van der Waals surface area (Å²) in [5, 5.41) is 11.9. The molecule has 3 rings (SSSR count). The summed E-state index contributed by atoms with van der Waals surface area (Å²) in [7, 11) is 0. The van der Waals surface area contributed by atoms with Gasteiger partial charge in [0, 0.05) is 5.02 Å². The van der Waals surface area contributed by atoms with Crippen LogP contribution >= 0.6 is 22.9 Å². The number of aromatic nitrogens is 2. The molecule has 0 fully saturated rings. The van der Waals surface area contributed by atoms with Crippen LogP contribution < -0.4 is 5.32 Å². The zero-order valence-electron chi connectivity index (χ0n) is 17.1. The average Bonchev–Trinajstić information content (AvgIpc) is 3.19. The molecule has 6 heteroatoms. The van der Waals surface area contributed by atoms with Crippen LogP contribution in [0.25, 0.3) is 11.1 Å². The van der Waals surface area contributed by atoms with Crippen molar-refractivity contribution in [3.05, 3.63) is 64.6 Å². The van der Waals surface area contributed by atoms with Gasteiger partial charge in [0.15, 0.2) is 0 Å². The molecule has 0 saturated carbocycles. The molecule has 0 saturated heterocycles. The van der Waals surface area contributed by atoms with Crippen LogP contribution in [0.2, 0.25) is 5.02 Å². The monoisotopic (exact) mass is 427 g/mol. The summed E-state index contributed by atoms with van der Waals surface area (Å²) in [6, 6.07) is 16.3. The Balaban J connectivity index is 1.88. The van der Waals surface area contributed by atoms with E-state index in [-0.39, 0.29) is 11.8 Å². The molecule has 29 heavy (non-hydrogen) atoms. The molecule has 0 aliphatic heterocycles. The minimum atomic E-state index is -0.604. The third kappa shape index (κ3) is 5.22. The second-order valence-corrected chi connectivity index (χ2v) is 9.50. The Kier molecular flexibility index (Phi) is 6.70. The zero-order valence-corrected chi connectivity index (χ0v) is 18.7. The number of amides is 1. The lowest BCUT2D eigenvalue weighted by Gasteiger charge is -2.34. The molecule has 0 spiro atoms. The first kappa shape index (κ1) is 21.5. The number of halogens is 1. The Hall–Kier alpha value is -2.24. The number of rotatable bonds is 7. The van der Waals surface area contributed by atoms with Crippen molar-refractivity contribution >= 4 is 34.0 Å². The van der Waals surface area contributed by atoms with Crippen molar-refractivity contribution < 1.29 is 4.79 Å². The molecule has 1 N–H and O–H groups in total. The quantitative estimate of drug-likeness (QED) is 0.459. The summed E-state index contributed by atoms with van der Waals surface area (Å²) in [5.74, 6) is 0.490. The van der Waals surface area contributed by atoms with Crippen LogP contribution in [0.3, 0.4) is 0 Å². The third-order valence-corrected chi connectivity index (χ3v) is 6.06. The van der Waals surface area contributed by atoms with Crippen molar-refractivity contribution in [2.45, 2.75) is 40.0 Å². The number of nitrogens with zero attached hydrogens (tertiary/aromatic N) is 2. The summed E-state index contributed by atoms with van der Waals surface area (Å²) >= 11 is 7.46. The minimum absolute atomic E-state index is 0.0428. The fraction of sp³-hybridized carbons (Fsp3) is 0.348. The minimum Gasteiger partial charge on any atom is -0.300 e. The maximum absolute atomic E-state index is 13.1. The Bertz CT molecular complexity index is 953. The predicted octanol–water partition coefficient (Wildman–Crippen LogP) is 6.65. The van der Waals surface area contributed by atoms with Crippen LogP contribution in [-0.4, -0.2) is 16.1 Å². The van der Waals surface area contributed by atoms with Crippen LogP contribution in [0.4, 0.5) is 5.13 Å². The maximum atomic E-state index is 13.1. The molecule has 0 aliphatic carbocycles. The fourth-order valence-electron chi connectivity index (χ4n) is 3.54. The van der Waals surface area contributed by atoms with Gasteiger partial charge in [0.25, 0.3) is 0 Å². The number of hydrogen-bond acceptors (Lipinski definition) is 4. The van der Waals surface area contributed by atoms with E-state index in [1.807, 2.05) is 38.1 Å². The first-order valence-electron chi connectivity index (χ1n) is 9.71. The largest absolute Gasteiger partial charge is 0.300 e. The van der Waals surface area contributed by atoms with E-state index < -0.39 is 5.41 Å². The SMILES string of the molecule is CC(C)CC(c1ccc(-c2cccc(Cl)c2)cc1)C(C)(C)C(=O)Nc1nncs1. The molecule has 0 bridgehead atoms. The smallest absolute Gasteiger partial charge is 0.232 e. The Morgan fingerprint density at radius 3 is 2.45 bits per heavy atom. The molecule has 1 unspecified atom stereocenters. The van der Waals surface area contributed by atoms with Crippen LogP contribution in [0.15, 0.2) is 54.0 Å². The first-order chi connectivity index (χ1) is 13.8. The van der Waals surface area contributed by atoms with Gasteiger partial charge in [0.1, 0.15) is 5.51 Å². The number of benzene rings is 2. The number of anilines is 1. The third-order valence-electron chi connectivity index (χ3n) is 5.21. The van der Waals surface area contributed by atoms with Gasteiger partial charge in [0.2, 0.25) is 11.0 Å². The van der Waals surface area contributed by atoms with E-state index in [4.69, 9.17) is 11.6 Å². The van der Waals surface area contributed by atoms with Gasteiger partial charge in [-0.25, -0.2) is 0 Å². The molecular weight excluding hydrogens is 402 g/mol. The Morgan fingerprint density at radius 1 is 1.14 bits per heavy atom. The van der Waals surface area contributed by atoms with Crippen LogP contribution in [0.1, 0.15) is 45.6 Å². The van der Waals surface area contributed by atoms with Crippen molar-refractivity contribution in [1.29, 1.82) is 0 Å². The number of nitrogens with one attached hydrogen (secondary N) is 1. The molecule has 152 valence electrons. The summed E-state index contributed by atoms with van der Waals surface area (Å²) in [4.78, 5) is 13.1. The molecule has 1 aromatic heterocycles. The van der Waals surface area contributed by atoms with E-state index in [1.165, 1.54) is 11.3 Å². The molecular formula is C23H26ClN3OS. The second kappa shape index (κ2) is 9.06. The fourth-order valence-corrected chi connectivity index (χ4v) is 4.17. The van der Waals surface area contributed by atoms with Crippen LogP contribution in [0.5, 0.6) is 0 Å². The molecule has 2 aromatic carbocycles. The number of hydrogen-bond donors (Lipinski definition) is 1. The summed E-state index contributed by atoms with van der Waals surface area (Å²) < 4.78 is 0. The van der Waals surface area contributed by atoms with Crippen molar-refractivity contribution in [1.82, 2.24) is 10.2 Å². The summed E-state index contributed by atoms with van der Waals surface area (Å²) in [5.41, 5.74) is 4.35. The lowest BCUT2D eigenvalue weighted by atomic mass is 9.70. The summed E-state index contributed by atoms with van der Waals surface area (Å²) in [6.45, 7) is 8.38. The van der Waals surface area contributed by atoms with Gasteiger partial charge in [-0.3, -0.25) is 4.79 Å². The average molecular weight is 428 g/mol. The highest BCUT2D eigenvalue weighted by molar-refractivity contribution is 7.13. The molecule has 1 heterocycles. The first-order valence-corrected chi connectivity index (χ1v) is 11.0. The van der Waals surface area contributed by atoms with Gasteiger partial charge in [-0.1, -0.05) is 87.0 Å². The van der Waals surface area contributed by atoms with Crippen molar-refractivity contribution in [3.8, 4) is 11.1 Å². The topological polar surface area (TPSA) is 54.9 Å². The van der Waals surface area contributed by atoms with Crippen LogP contribution in [0, 0.1) is 11.3 Å². The van der Waals surface area contributed by atoms with E-state index >= 15 is 0 Å². The van der Waals surface area contributed by atoms with E-state index in [9.17, 15) is 4.79 Å². The highest BCUT2D eigenvalue weighted by atomic mass is 35.5. The van der Waals surface area contributed by atoms with E-state index in [0.717, 1.165) is 28.1 Å².